The first-order valence-electron chi connectivity index (χ1n) is 8.79. The standard InChI is InChI=1S/C17H32N2O2/c1-4-21-17(20)19-11-9-14(10-12-19)18-16-8-6-5-7-15(16)13(2)3/h13-16,18H,4-12H2,1-3H3. The van der Waals surface area contributed by atoms with Crippen LogP contribution in [0.25, 0.3) is 0 Å². The largest absolute Gasteiger partial charge is 0.450 e. The Bertz CT molecular complexity index is 325. The van der Waals surface area contributed by atoms with Crippen LogP contribution in [0.5, 0.6) is 0 Å². The monoisotopic (exact) mass is 296 g/mol. The van der Waals surface area contributed by atoms with E-state index in [-0.39, 0.29) is 6.09 Å². The molecule has 1 aliphatic heterocycles. The van der Waals surface area contributed by atoms with Crippen LogP contribution in [0.15, 0.2) is 0 Å². The van der Waals surface area contributed by atoms with Crippen molar-refractivity contribution < 1.29 is 9.53 Å². The number of likely N-dealkylation sites (tertiary alicyclic amines) is 1. The van der Waals surface area contributed by atoms with Crippen molar-refractivity contribution >= 4 is 6.09 Å². The number of nitrogens with zero attached hydrogens (tertiary/aromatic N) is 1. The number of amides is 1. The molecule has 4 heteroatoms. The van der Waals surface area contributed by atoms with Gasteiger partial charge in [0.15, 0.2) is 0 Å². The molecule has 2 unspecified atom stereocenters. The van der Waals surface area contributed by atoms with Gasteiger partial charge >= 0.3 is 6.09 Å². The van der Waals surface area contributed by atoms with Crippen LogP contribution in [0, 0.1) is 11.8 Å². The molecule has 4 nitrogen and oxygen atoms in total. The third-order valence-electron chi connectivity index (χ3n) is 5.15. The van der Waals surface area contributed by atoms with Crippen LogP contribution in [-0.2, 0) is 4.74 Å². The Hall–Kier alpha value is -0.770. The maximum absolute atomic E-state index is 11.7. The minimum Gasteiger partial charge on any atom is -0.450 e. The number of rotatable bonds is 4. The van der Waals surface area contributed by atoms with Crippen molar-refractivity contribution in [2.24, 2.45) is 11.8 Å². The van der Waals surface area contributed by atoms with Gasteiger partial charge in [0.2, 0.25) is 0 Å². The molecule has 2 rings (SSSR count). The average molecular weight is 296 g/mol. The SMILES string of the molecule is CCOC(=O)N1CCC(NC2CCCCC2C(C)C)CC1. The molecular weight excluding hydrogens is 264 g/mol. The Morgan fingerprint density at radius 2 is 1.86 bits per heavy atom. The summed E-state index contributed by atoms with van der Waals surface area (Å²) in [6.07, 6.45) is 7.41. The number of hydrogen-bond acceptors (Lipinski definition) is 3. The van der Waals surface area contributed by atoms with Gasteiger partial charge in [-0.25, -0.2) is 4.79 Å². The lowest BCUT2D eigenvalue weighted by atomic mass is 9.77. The van der Waals surface area contributed by atoms with Gasteiger partial charge < -0.3 is 15.0 Å². The van der Waals surface area contributed by atoms with Gasteiger partial charge in [0.05, 0.1) is 6.61 Å². The molecule has 21 heavy (non-hydrogen) atoms. The first-order chi connectivity index (χ1) is 10.1. The van der Waals surface area contributed by atoms with Crippen LogP contribution in [0.1, 0.15) is 59.3 Å². The summed E-state index contributed by atoms with van der Waals surface area (Å²) in [5.74, 6) is 1.59. The molecular formula is C17H32N2O2. The normalized spacial score (nSPS) is 27.9. The molecule has 2 atom stereocenters. The predicted octanol–water partition coefficient (Wildman–Crippen LogP) is 3.41. The maximum Gasteiger partial charge on any atom is 0.409 e. The van der Waals surface area contributed by atoms with Gasteiger partial charge in [0, 0.05) is 25.2 Å². The molecule has 0 spiro atoms. The van der Waals surface area contributed by atoms with Crippen molar-refractivity contribution in [3.8, 4) is 0 Å². The lowest BCUT2D eigenvalue weighted by molar-refractivity contribution is 0.0908. The Labute approximate surface area is 129 Å². The topological polar surface area (TPSA) is 41.6 Å². The highest BCUT2D eigenvalue weighted by Crippen LogP contribution is 2.31. The molecule has 1 amide bonds. The van der Waals surface area contributed by atoms with E-state index in [1.807, 2.05) is 11.8 Å². The van der Waals surface area contributed by atoms with Crippen LogP contribution < -0.4 is 5.32 Å². The molecule has 1 N–H and O–H groups in total. The molecule has 2 fully saturated rings. The molecule has 0 radical (unpaired) electrons. The van der Waals surface area contributed by atoms with E-state index in [0.29, 0.717) is 18.7 Å². The Kier molecular flexibility index (Phi) is 6.34. The summed E-state index contributed by atoms with van der Waals surface area (Å²) in [5, 5.41) is 3.90. The van der Waals surface area contributed by atoms with Crippen molar-refractivity contribution in [1.29, 1.82) is 0 Å². The maximum atomic E-state index is 11.7. The molecule has 0 aromatic rings. The predicted molar refractivity (Wildman–Crippen MR) is 85.3 cm³/mol. The second kappa shape index (κ2) is 8.02. The van der Waals surface area contributed by atoms with Gasteiger partial charge in [0.1, 0.15) is 0 Å². The first kappa shape index (κ1) is 16.6. The van der Waals surface area contributed by atoms with Crippen LogP contribution in [-0.4, -0.2) is 42.8 Å². The number of hydrogen-bond donors (Lipinski definition) is 1. The summed E-state index contributed by atoms with van der Waals surface area (Å²) in [6.45, 7) is 8.70. The van der Waals surface area contributed by atoms with E-state index in [1.165, 1.54) is 25.7 Å². The van der Waals surface area contributed by atoms with Gasteiger partial charge in [-0.3, -0.25) is 0 Å². The van der Waals surface area contributed by atoms with Crippen molar-refractivity contribution in [1.82, 2.24) is 10.2 Å². The van der Waals surface area contributed by atoms with E-state index in [0.717, 1.165) is 37.8 Å². The minimum atomic E-state index is -0.145. The number of carbonyl (C=O) groups excluding carboxylic acids is 1. The number of nitrogens with one attached hydrogen (secondary N) is 1. The zero-order valence-corrected chi connectivity index (χ0v) is 13.9. The van der Waals surface area contributed by atoms with Gasteiger partial charge in [-0.15, -0.1) is 0 Å². The fourth-order valence-corrected chi connectivity index (χ4v) is 3.91. The van der Waals surface area contributed by atoms with Gasteiger partial charge in [0.25, 0.3) is 0 Å². The Balaban J connectivity index is 1.78. The first-order valence-corrected chi connectivity index (χ1v) is 8.79. The molecule has 0 aromatic heterocycles. The second-order valence-corrected chi connectivity index (χ2v) is 6.93. The summed E-state index contributed by atoms with van der Waals surface area (Å²) in [7, 11) is 0. The third kappa shape index (κ3) is 4.60. The lowest BCUT2D eigenvalue weighted by Gasteiger charge is -2.40. The quantitative estimate of drug-likeness (QED) is 0.864. The highest BCUT2D eigenvalue weighted by Gasteiger charge is 2.31. The number of ether oxygens (including phenoxy) is 1. The van der Waals surface area contributed by atoms with Crippen molar-refractivity contribution in [3.63, 3.8) is 0 Å². The van der Waals surface area contributed by atoms with Gasteiger partial charge in [-0.1, -0.05) is 26.7 Å². The fraction of sp³-hybridized carbons (Fsp3) is 0.941. The molecule has 1 heterocycles. The van der Waals surface area contributed by atoms with E-state index < -0.39 is 0 Å². The summed E-state index contributed by atoms with van der Waals surface area (Å²) in [4.78, 5) is 13.6. The van der Waals surface area contributed by atoms with E-state index in [1.54, 1.807) is 0 Å². The van der Waals surface area contributed by atoms with E-state index >= 15 is 0 Å². The lowest BCUT2D eigenvalue weighted by Crippen LogP contribution is -2.51. The van der Waals surface area contributed by atoms with E-state index in [4.69, 9.17) is 4.74 Å². The number of piperidine rings is 1. The average Bonchev–Trinajstić information content (AvgIpc) is 2.48. The summed E-state index contributed by atoms with van der Waals surface area (Å²) in [5.41, 5.74) is 0. The van der Waals surface area contributed by atoms with Crippen LogP contribution >= 0.6 is 0 Å². The zero-order chi connectivity index (χ0) is 15.2. The summed E-state index contributed by atoms with van der Waals surface area (Å²) in [6, 6.07) is 1.25. The molecule has 0 bridgehead atoms. The minimum absolute atomic E-state index is 0.145. The molecule has 2 aliphatic rings. The third-order valence-corrected chi connectivity index (χ3v) is 5.15. The van der Waals surface area contributed by atoms with Crippen molar-refractivity contribution in [2.45, 2.75) is 71.4 Å². The highest BCUT2D eigenvalue weighted by atomic mass is 16.6. The van der Waals surface area contributed by atoms with E-state index in [9.17, 15) is 4.79 Å². The smallest absolute Gasteiger partial charge is 0.409 e. The summed E-state index contributed by atoms with van der Waals surface area (Å²) >= 11 is 0. The molecule has 0 aromatic carbocycles. The van der Waals surface area contributed by atoms with Crippen LogP contribution in [0.4, 0.5) is 4.79 Å². The van der Waals surface area contributed by atoms with Crippen LogP contribution in [0.2, 0.25) is 0 Å². The highest BCUT2D eigenvalue weighted by molar-refractivity contribution is 5.67. The van der Waals surface area contributed by atoms with E-state index in [2.05, 4.69) is 19.2 Å². The molecule has 1 aliphatic carbocycles. The Morgan fingerprint density at radius 3 is 2.48 bits per heavy atom. The fourth-order valence-electron chi connectivity index (χ4n) is 3.91. The van der Waals surface area contributed by atoms with Crippen molar-refractivity contribution in [3.05, 3.63) is 0 Å². The van der Waals surface area contributed by atoms with Gasteiger partial charge in [-0.2, -0.15) is 0 Å². The summed E-state index contributed by atoms with van der Waals surface area (Å²) < 4.78 is 5.08. The molecule has 122 valence electrons. The van der Waals surface area contributed by atoms with Crippen LogP contribution in [0.3, 0.4) is 0 Å². The molecule has 1 saturated heterocycles. The zero-order valence-electron chi connectivity index (χ0n) is 13.9. The Morgan fingerprint density at radius 1 is 1.19 bits per heavy atom. The molecule has 1 saturated carbocycles. The number of carbonyl (C=O) groups is 1. The van der Waals surface area contributed by atoms with Crippen molar-refractivity contribution in [2.75, 3.05) is 19.7 Å². The second-order valence-electron chi connectivity index (χ2n) is 6.93. The van der Waals surface area contributed by atoms with Gasteiger partial charge in [-0.05, 0) is 44.4 Å².